The molecular formula is C9H19NO2Si. The Kier molecular flexibility index (Phi) is 3.36. The van der Waals surface area contributed by atoms with Crippen LogP contribution in [0.25, 0.3) is 0 Å². The minimum absolute atomic E-state index is 0.797. The fraction of sp³-hybridized carbons (Fsp3) is 0.889. The average Bonchev–Trinajstić information content (AvgIpc) is 2.03. The van der Waals surface area contributed by atoms with Gasteiger partial charge in [-0.15, -0.1) is 0 Å². The molecule has 0 aliphatic heterocycles. The van der Waals surface area contributed by atoms with Gasteiger partial charge in [-0.05, 0) is 12.8 Å². The molecule has 0 atom stereocenters. The summed E-state index contributed by atoms with van der Waals surface area (Å²) in [7, 11) is -1.71. The number of hydrogen-bond donors (Lipinski definition) is 0. The number of rotatable bonds is 2. The quantitative estimate of drug-likeness (QED) is 0.391. The molecule has 76 valence electrons. The summed E-state index contributed by atoms with van der Waals surface area (Å²) in [5.41, 5.74) is 0.939. The van der Waals surface area contributed by atoms with Crippen molar-refractivity contribution in [2.45, 2.75) is 51.7 Å². The second-order valence-corrected chi connectivity index (χ2v) is 8.99. The Hall–Kier alpha value is -0.513. The second kappa shape index (κ2) is 4.13. The summed E-state index contributed by atoms with van der Waals surface area (Å²) in [5.74, 6) is 0. The van der Waals surface area contributed by atoms with Crippen molar-refractivity contribution in [3.05, 3.63) is 5.21 Å². The summed E-state index contributed by atoms with van der Waals surface area (Å²) in [6.45, 7) is 6.09. The molecule has 13 heavy (non-hydrogen) atoms. The Morgan fingerprint density at radius 3 is 2.15 bits per heavy atom. The lowest BCUT2D eigenvalue weighted by molar-refractivity contribution is -0.705. The Labute approximate surface area is 81.1 Å². The largest absolute Gasteiger partial charge is 0.443 e. The van der Waals surface area contributed by atoms with Crippen LogP contribution in [-0.2, 0) is 4.53 Å². The molecule has 0 saturated heterocycles. The SMILES string of the molecule is C[Si](C)(C)O[N+]([O-])=C1CCCCC1. The molecule has 1 fully saturated rings. The first-order chi connectivity index (χ1) is 5.99. The minimum atomic E-state index is -1.71. The van der Waals surface area contributed by atoms with E-state index in [-0.39, 0.29) is 0 Å². The third-order valence-corrected chi connectivity index (χ3v) is 2.76. The zero-order valence-electron chi connectivity index (χ0n) is 8.80. The zero-order valence-corrected chi connectivity index (χ0v) is 9.80. The molecule has 0 aromatic rings. The first-order valence-electron chi connectivity index (χ1n) is 5.00. The highest BCUT2D eigenvalue weighted by molar-refractivity contribution is 6.69. The summed E-state index contributed by atoms with van der Waals surface area (Å²) in [6, 6.07) is 0. The molecule has 0 radical (unpaired) electrons. The van der Waals surface area contributed by atoms with Crippen LogP contribution in [0.3, 0.4) is 0 Å². The predicted octanol–water partition coefficient (Wildman–Crippen LogP) is 2.67. The highest BCUT2D eigenvalue weighted by atomic mass is 28.4. The van der Waals surface area contributed by atoms with E-state index >= 15 is 0 Å². The maximum atomic E-state index is 11.5. The van der Waals surface area contributed by atoms with E-state index in [9.17, 15) is 5.21 Å². The molecule has 0 spiro atoms. The van der Waals surface area contributed by atoms with E-state index < -0.39 is 8.32 Å². The standard InChI is InChI=1S/C9H19NO2Si/c1-13(2,3)12-10(11)9-7-5-4-6-8-9/h4-8H2,1-3H3. The first-order valence-corrected chi connectivity index (χ1v) is 8.41. The predicted molar refractivity (Wildman–Crippen MR) is 56.2 cm³/mol. The van der Waals surface area contributed by atoms with Gasteiger partial charge in [0.25, 0.3) is 0 Å². The average molecular weight is 201 g/mol. The van der Waals surface area contributed by atoms with E-state index in [2.05, 4.69) is 0 Å². The van der Waals surface area contributed by atoms with Gasteiger partial charge in [-0.1, -0.05) is 26.1 Å². The fourth-order valence-electron chi connectivity index (χ4n) is 1.46. The lowest BCUT2D eigenvalue weighted by Gasteiger charge is -2.22. The molecule has 0 N–H and O–H groups in total. The molecule has 4 heteroatoms. The van der Waals surface area contributed by atoms with Crippen molar-refractivity contribution >= 4 is 14.0 Å². The van der Waals surface area contributed by atoms with Crippen LogP contribution >= 0.6 is 0 Å². The van der Waals surface area contributed by atoms with Crippen molar-refractivity contribution in [1.29, 1.82) is 0 Å². The maximum Gasteiger partial charge on any atom is 0.221 e. The highest BCUT2D eigenvalue weighted by Crippen LogP contribution is 2.15. The van der Waals surface area contributed by atoms with Gasteiger partial charge in [0, 0.05) is 17.7 Å². The van der Waals surface area contributed by atoms with Gasteiger partial charge >= 0.3 is 0 Å². The van der Waals surface area contributed by atoms with Gasteiger partial charge in [-0.2, -0.15) is 0 Å². The third-order valence-electron chi connectivity index (χ3n) is 2.05. The van der Waals surface area contributed by atoms with Crippen molar-refractivity contribution in [2.24, 2.45) is 0 Å². The third kappa shape index (κ3) is 3.80. The van der Waals surface area contributed by atoms with Crippen molar-refractivity contribution < 1.29 is 9.43 Å². The highest BCUT2D eigenvalue weighted by Gasteiger charge is 2.20. The topological polar surface area (TPSA) is 35.3 Å². The summed E-state index contributed by atoms with van der Waals surface area (Å²) >= 11 is 0. The Balaban J connectivity index is 2.56. The number of hydrogen-bond acceptors (Lipinski definition) is 2. The van der Waals surface area contributed by atoms with Crippen LogP contribution in [0, 0.1) is 5.21 Å². The van der Waals surface area contributed by atoms with Gasteiger partial charge < -0.3 is 4.53 Å². The Bertz CT molecular complexity index is 200. The van der Waals surface area contributed by atoms with Crippen LogP contribution in [-0.4, -0.2) is 18.9 Å². The van der Waals surface area contributed by atoms with Crippen LogP contribution in [0.4, 0.5) is 0 Å². The molecule has 0 amide bonds. The van der Waals surface area contributed by atoms with Crippen LogP contribution in [0.5, 0.6) is 0 Å². The van der Waals surface area contributed by atoms with Crippen molar-refractivity contribution in [2.75, 3.05) is 0 Å². The summed E-state index contributed by atoms with van der Waals surface area (Å²) < 4.78 is 5.36. The summed E-state index contributed by atoms with van der Waals surface area (Å²) in [6.07, 6.45) is 5.39. The molecule has 0 unspecified atom stereocenters. The van der Waals surface area contributed by atoms with E-state index in [0.717, 1.165) is 36.3 Å². The van der Waals surface area contributed by atoms with Crippen molar-refractivity contribution in [3.8, 4) is 0 Å². The zero-order chi connectivity index (χ0) is 9.90. The lowest BCUT2D eigenvalue weighted by Crippen LogP contribution is -2.33. The van der Waals surface area contributed by atoms with Gasteiger partial charge in [0.2, 0.25) is 5.71 Å². The van der Waals surface area contributed by atoms with Gasteiger partial charge in [0.1, 0.15) is 0 Å². The molecular weight excluding hydrogens is 182 g/mol. The lowest BCUT2D eigenvalue weighted by atomic mass is 9.99. The van der Waals surface area contributed by atoms with Gasteiger partial charge in [0.15, 0.2) is 8.32 Å². The van der Waals surface area contributed by atoms with E-state index in [1.54, 1.807) is 0 Å². The maximum absolute atomic E-state index is 11.5. The van der Waals surface area contributed by atoms with Crippen molar-refractivity contribution in [3.63, 3.8) is 0 Å². The molecule has 1 aliphatic rings. The van der Waals surface area contributed by atoms with Crippen LogP contribution in [0.15, 0.2) is 0 Å². The summed E-state index contributed by atoms with van der Waals surface area (Å²) in [5, 5.41) is 11.5. The molecule has 0 aromatic carbocycles. The van der Waals surface area contributed by atoms with Gasteiger partial charge in [-0.25, -0.2) is 0 Å². The molecule has 0 aromatic heterocycles. The minimum Gasteiger partial charge on any atom is -0.443 e. The van der Waals surface area contributed by atoms with Gasteiger partial charge in [-0.3, -0.25) is 5.21 Å². The van der Waals surface area contributed by atoms with Gasteiger partial charge in [0.05, 0.1) is 0 Å². The fourth-order valence-corrected chi connectivity index (χ4v) is 2.08. The molecule has 1 rings (SSSR count). The number of nitrogens with zero attached hydrogens (tertiary/aromatic N) is 1. The van der Waals surface area contributed by atoms with Crippen LogP contribution < -0.4 is 0 Å². The molecule has 1 saturated carbocycles. The molecule has 3 nitrogen and oxygen atoms in total. The molecule has 1 aliphatic carbocycles. The van der Waals surface area contributed by atoms with E-state index in [4.69, 9.17) is 4.53 Å². The molecule has 0 bridgehead atoms. The second-order valence-electron chi connectivity index (χ2n) is 4.59. The van der Waals surface area contributed by atoms with E-state index in [1.165, 1.54) is 6.42 Å². The van der Waals surface area contributed by atoms with Crippen LogP contribution in [0.1, 0.15) is 32.1 Å². The Morgan fingerprint density at radius 2 is 1.69 bits per heavy atom. The normalized spacial score (nSPS) is 18.5. The van der Waals surface area contributed by atoms with E-state index in [1.807, 2.05) is 19.6 Å². The smallest absolute Gasteiger partial charge is 0.221 e. The monoisotopic (exact) mass is 201 g/mol. The van der Waals surface area contributed by atoms with Crippen molar-refractivity contribution in [1.82, 2.24) is 0 Å². The first kappa shape index (κ1) is 10.6. The Morgan fingerprint density at radius 1 is 1.15 bits per heavy atom. The van der Waals surface area contributed by atoms with Crippen LogP contribution in [0.2, 0.25) is 19.6 Å². The molecule has 0 heterocycles. The summed E-state index contributed by atoms with van der Waals surface area (Å²) in [4.78, 5) is 0.797. The van der Waals surface area contributed by atoms with E-state index in [0.29, 0.717) is 0 Å².